The third-order valence-electron chi connectivity index (χ3n) is 3.97. The SMILES string of the molecule is CC(CCCNC(=O)CCCCCO)CNC(=O)CCCCCO. The zero-order valence-corrected chi connectivity index (χ0v) is 15.2. The zero-order chi connectivity index (χ0) is 18.0. The molecule has 0 bridgehead atoms. The maximum atomic E-state index is 11.6. The van der Waals surface area contributed by atoms with Crippen LogP contribution in [0.3, 0.4) is 0 Å². The van der Waals surface area contributed by atoms with Gasteiger partial charge >= 0.3 is 0 Å². The van der Waals surface area contributed by atoms with Crippen molar-refractivity contribution in [2.24, 2.45) is 5.92 Å². The summed E-state index contributed by atoms with van der Waals surface area (Å²) < 4.78 is 0. The van der Waals surface area contributed by atoms with Gasteiger partial charge in [-0.3, -0.25) is 9.59 Å². The molecular formula is C18H36N2O4. The molecule has 2 amide bonds. The van der Waals surface area contributed by atoms with Crippen molar-refractivity contribution in [1.29, 1.82) is 0 Å². The topological polar surface area (TPSA) is 98.7 Å². The predicted octanol–water partition coefficient (Wildman–Crippen LogP) is 1.74. The summed E-state index contributed by atoms with van der Waals surface area (Å²) in [7, 11) is 0. The fraction of sp³-hybridized carbons (Fsp3) is 0.889. The highest BCUT2D eigenvalue weighted by atomic mass is 16.3. The van der Waals surface area contributed by atoms with Gasteiger partial charge in [0.05, 0.1) is 0 Å². The van der Waals surface area contributed by atoms with E-state index in [0.29, 0.717) is 31.8 Å². The van der Waals surface area contributed by atoms with Crippen LogP contribution < -0.4 is 10.6 Å². The normalized spacial score (nSPS) is 12.0. The quantitative estimate of drug-likeness (QED) is 0.321. The number of hydrogen-bond donors (Lipinski definition) is 4. The molecule has 0 aromatic rings. The van der Waals surface area contributed by atoms with Gasteiger partial charge in [0.1, 0.15) is 0 Å². The Morgan fingerprint density at radius 2 is 1.33 bits per heavy atom. The molecule has 0 fully saturated rings. The molecule has 6 heteroatoms. The lowest BCUT2D eigenvalue weighted by atomic mass is 10.1. The summed E-state index contributed by atoms with van der Waals surface area (Å²) in [5.41, 5.74) is 0. The van der Waals surface area contributed by atoms with E-state index in [-0.39, 0.29) is 25.0 Å². The van der Waals surface area contributed by atoms with Crippen molar-refractivity contribution in [3.63, 3.8) is 0 Å². The molecule has 0 spiro atoms. The van der Waals surface area contributed by atoms with Crippen molar-refractivity contribution < 1.29 is 19.8 Å². The first-order valence-corrected chi connectivity index (χ1v) is 9.35. The van der Waals surface area contributed by atoms with Gasteiger partial charge in [-0.05, 0) is 44.4 Å². The number of unbranched alkanes of at least 4 members (excludes halogenated alkanes) is 4. The summed E-state index contributed by atoms with van der Waals surface area (Å²) in [6.07, 6.45) is 7.89. The highest BCUT2D eigenvalue weighted by Gasteiger charge is 2.06. The summed E-state index contributed by atoms with van der Waals surface area (Å²) in [5.74, 6) is 0.556. The van der Waals surface area contributed by atoms with Gasteiger partial charge in [-0.25, -0.2) is 0 Å². The summed E-state index contributed by atoms with van der Waals surface area (Å²) in [6.45, 7) is 3.84. The second kappa shape index (κ2) is 16.7. The molecule has 1 atom stereocenters. The first-order chi connectivity index (χ1) is 11.6. The third-order valence-corrected chi connectivity index (χ3v) is 3.97. The minimum absolute atomic E-state index is 0.0796. The van der Waals surface area contributed by atoms with Crippen LogP contribution >= 0.6 is 0 Å². The van der Waals surface area contributed by atoms with E-state index in [1.807, 2.05) is 0 Å². The Morgan fingerprint density at radius 3 is 1.88 bits per heavy atom. The van der Waals surface area contributed by atoms with Gasteiger partial charge in [0.25, 0.3) is 0 Å². The van der Waals surface area contributed by atoms with Crippen molar-refractivity contribution in [2.75, 3.05) is 26.3 Å². The van der Waals surface area contributed by atoms with Gasteiger partial charge < -0.3 is 20.8 Å². The van der Waals surface area contributed by atoms with Crippen molar-refractivity contribution in [3.05, 3.63) is 0 Å². The maximum absolute atomic E-state index is 11.6. The number of carbonyl (C=O) groups excluding carboxylic acids is 2. The van der Waals surface area contributed by atoms with E-state index >= 15 is 0 Å². The van der Waals surface area contributed by atoms with Crippen molar-refractivity contribution in [1.82, 2.24) is 10.6 Å². The molecule has 0 aromatic heterocycles. The molecule has 0 saturated carbocycles. The van der Waals surface area contributed by atoms with Crippen LogP contribution in [0.2, 0.25) is 0 Å². The average molecular weight is 344 g/mol. The van der Waals surface area contributed by atoms with Gasteiger partial charge in [-0.15, -0.1) is 0 Å². The molecule has 1 unspecified atom stereocenters. The van der Waals surface area contributed by atoms with Crippen LogP contribution in [0.5, 0.6) is 0 Å². The summed E-state index contributed by atoms with van der Waals surface area (Å²) in [4.78, 5) is 23.2. The molecule has 4 N–H and O–H groups in total. The van der Waals surface area contributed by atoms with Crippen LogP contribution in [-0.4, -0.2) is 48.3 Å². The molecule has 24 heavy (non-hydrogen) atoms. The highest BCUT2D eigenvalue weighted by molar-refractivity contribution is 5.76. The van der Waals surface area contributed by atoms with E-state index in [1.54, 1.807) is 0 Å². The number of amides is 2. The Kier molecular flexibility index (Phi) is 15.9. The van der Waals surface area contributed by atoms with E-state index in [1.165, 1.54) is 0 Å². The maximum Gasteiger partial charge on any atom is 0.220 e. The number of aliphatic hydroxyl groups is 2. The first kappa shape index (κ1) is 22.9. The van der Waals surface area contributed by atoms with Crippen LogP contribution in [-0.2, 0) is 9.59 Å². The van der Waals surface area contributed by atoms with E-state index < -0.39 is 0 Å². The lowest BCUT2D eigenvalue weighted by molar-refractivity contribution is -0.122. The van der Waals surface area contributed by atoms with E-state index in [4.69, 9.17) is 10.2 Å². The van der Waals surface area contributed by atoms with Crippen molar-refractivity contribution in [3.8, 4) is 0 Å². The van der Waals surface area contributed by atoms with Crippen LogP contribution in [0.15, 0.2) is 0 Å². The zero-order valence-electron chi connectivity index (χ0n) is 15.2. The van der Waals surface area contributed by atoms with Gasteiger partial charge in [0, 0.05) is 39.1 Å². The van der Waals surface area contributed by atoms with E-state index in [9.17, 15) is 9.59 Å². The number of aliphatic hydroxyl groups excluding tert-OH is 2. The minimum Gasteiger partial charge on any atom is -0.396 e. The largest absolute Gasteiger partial charge is 0.396 e. The van der Waals surface area contributed by atoms with Crippen molar-refractivity contribution >= 4 is 11.8 Å². The Morgan fingerprint density at radius 1 is 0.792 bits per heavy atom. The highest BCUT2D eigenvalue weighted by Crippen LogP contribution is 2.05. The molecule has 142 valence electrons. The Hall–Kier alpha value is -1.14. The van der Waals surface area contributed by atoms with Gasteiger partial charge in [-0.1, -0.05) is 19.8 Å². The first-order valence-electron chi connectivity index (χ1n) is 9.35. The molecule has 0 rings (SSSR count). The molecule has 6 nitrogen and oxygen atoms in total. The van der Waals surface area contributed by atoms with Gasteiger partial charge in [-0.2, -0.15) is 0 Å². The molecule has 0 aliphatic carbocycles. The van der Waals surface area contributed by atoms with E-state index in [0.717, 1.165) is 51.4 Å². The Labute approximate surface area is 146 Å². The smallest absolute Gasteiger partial charge is 0.220 e. The summed E-state index contributed by atoms with van der Waals surface area (Å²) in [6, 6.07) is 0. The monoisotopic (exact) mass is 344 g/mol. The molecule has 0 aliphatic heterocycles. The number of nitrogens with one attached hydrogen (secondary N) is 2. The number of rotatable bonds is 16. The summed E-state index contributed by atoms with van der Waals surface area (Å²) >= 11 is 0. The fourth-order valence-corrected chi connectivity index (χ4v) is 2.39. The molecule has 0 radical (unpaired) electrons. The second-order valence-electron chi connectivity index (χ2n) is 6.47. The van der Waals surface area contributed by atoms with Gasteiger partial charge in [0.2, 0.25) is 11.8 Å². The average Bonchev–Trinajstić information content (AvgIpc) is 2.57. The van der Waals surface area contributed by atoms with Crippen LogP contribution in [0, 0.1) is 5.92 Å². The standard InChI is InChI=1S/C18H36N2O4/c1-16(15-20-18(24)11-5-3-7-14-22)9-8-12-19-17(23)10-4-2-6-13-21/h16,21-22H,2-15H2,1H3,(H,19,23)(H,20,24). The number of carbonyl (C=O) groups is 2. The van der Waals surface area contributed by atoms with Crippen LogP contribution in [0.25, 0.3) is 0 Å². The molecule has 0 saturated heterocycles. The predicted molar refractivity (Wildman–Crippen MR) is 95.5 cm³/mol. The molecular weight excluding hydrogens is 308 g/mol. The minimum atomic E-state index is 0.0796. The van der Waals surface area contributed by atoms with E-state index in [2.05, 4.69) is 17.6 Å². The lowest BCUT2D eigenvalue weighted by Crippen LogP contribution is -2.29. The fourth-order valence-electron chi connectivity index (χ4n) is 2.39. The molecule has 0 aromatic carbocycles. The molecule has 0 heterocycles. The molecule has 0 aliphatic rings. The summed E-state index contributed by atoms with van der Waals surface area (Å²) in [5, 5.41) is 23.2. The number of hydrogen-bond acceptors (Lipinski definition) is 4. The lowest BCUT2D eigenvalue weighted by Gasteiger charge is -2.13. The Bertz CT molecular complexity index is 324. The van der Waals surface area contributed by atoms with Gasteiger partial charge in [0.15, 0.2) is 0 Å². The van der Waals surface area contributed by atoms with Crippen LogP contribution in [0.1, 0.15) is 71.1 Å². The Balaban J connectivity index is 3.47. The third kappa shape index (κ3) is 15.7. The van der Waals surface area contributed by atoms with Crippen LogP contribution in [0.4, 0.5) is 0 Å². The van der Waals surface area contributed by atoms with Crippen molar-refractivity contribution in [2.45, 2.75) is 71.1 Å². The second-order valence-corrected chi connectivity index (χ2v) is 6.47.